The minimum atomic E-state index is -0.523. The number of carbonyl (C=O) groups is 2. The van der Waals surface area contributed by atoms with E-state index >= 15 is 0 Å². The molecule has 8 heteroatoms. The molecule has 0 spiro atoms. The van der Waals surface area contributed by atoms with E-state index in [0.717, 1.165) is 42.6 Å². The Labute approximate surface area is 216 Å². The molecule has 1 saturated carbocycles. The van der Waals surface area contributed by atoms with Gasteiger partial charge in [0.05, 0.1) is 22.9 Å². The van der Waals surface area contributed by atoms with Crippen molar-refractivity contribution < 1.29 is 14.3 Å². The number of ether oxygens (including phenoxy) is 1. The maximum Gasteiger partial charge on any atom is 0.243 e. The van der Waals surface area contributed by atoms with E-state index in [1.807, 2.05) is 43.3 Å². The standard InChI is InChI=1S/C26H32Cl2N2O3S/c1-3-24(26(32)29-20-8-4-5-9-20)30(15-18-7-6-10-21(13-18)33-2)25(31)17-34-16-19-11-12-22(27)23(28)14-19/h6-7,10-14,20,24H,3-5,8-9,15-17H2,1-2H3,(H,29,32)/t24-/m1/s1. The largest absolute Gasteiger partial charge is 0.497 e. The molecule has 2 aromatic carbocycles. The van der Waals surface area contributed by atoms with Gasteiger partial charge in [-0.3, -0.25) is 9.59 Å². The number of carbonyl (C=O) groups excluding carboxylic acids is 2. The van der Waals surface area contributed by atoms with E-state index in [-0.39, 0.29) is 23.6 Å². The lowest BCUT2D eigenvalue weighted by atomic mass is 10.1. The highest BCUT2D eigenvalue weighted by molar-refractivity contribution is 7.99. The molecule has 1 atom stereocenters. The average molecular weight is 524 g/mol. The van der Waals surface area contributed by atoms with Crippen LogP contribution in [-0.2, 0) is 21.9 Å². The van der Waals surface area contributed by atoms with Gasteiger partial charge in [-0.05, 0) is 54.7 Å². The van der Waals surface area contributed by atoms with Gasteiger partial charge in [-0.1, -0.05) is 61.2 Å². The van der Waals surface area contributed by atoms with Crippen molar-refractivity contribution in [2.45, 2.75) is 63.4 Å². The summed E-state index contributed by atoms with van der Waals surface area (Å²) >= 11 is 13.6. The van der Waals surface area contributed by atoms with Crippen LogP contribution in [0.3, 0.4) is 0 Å². The number of hydrogen-bond acceptors (Lipinski definition) is 4. The number of hydrogen-bond donors (Lipinski definition) is 1. The van der Waals surface area contributed by atoms with E-state index in [9.17, 15) is 9.59 Å². The van der Waals surface area contributed by atoms with Gasteiger partial charge in [0.15, 0.2) is 0 Å². The monoisotopic (exact) mass is 522 g/mol. The minimum Gasteiger partial charge on any atom is -0.497 e. The molecule has 1 N–H and O–H groups in total. The molecule has 0 radical (unpaired) electrons. The molecular formula is C26H32Cl2N2O3S. The number of amides is 2. The Morgan fingerprint density at radius 1 is 1.12 bits per heavy atom. The Hall–Kier alpha value is -1.89. The molecule has 3 rings (SSSR count). The Balaban J connectivity index is 1.72. The molecule has 2 aromatic rings. The first-order valence-electron chi connectivity index (χ1n) is 11.7. The number of thioether (sulfide) groups is 1. The number of benzene rings is 2. The van der Waals surface area contributed by atoms with Crippen LogP contribution in [0.2, 0.25) is 10.0 Å². The van der Waals surface area contributed by atoms with Gasteiger partial charge in [0, 0.05) is 18.3 Å². The second-order valence-electron chi connectivity index (χ2n) is 8.53. The minimum absolute atomic E-state index is 0.0682. The van der Waals surface area contributed by atoms with Crippen molar-refractivity contribution in [3.05, 3.63) is 63.6 Å². The highest BCUT2D eigenvalue weighted by Gasteiger charge is 2.30. The van der Waals surface area contributed by atoms with Gasteiger partial charge in [-0.2, -0.15) is 0 Å². The van der Waals surface area contributed by atoms with Crippen molar-refractivity contribution in [2.75, 3.05) is 12.9 Å². The number of nitrogens with zero attached hydrogens (tertiary/aromatic N) is 1. The van der Waals surface area contributed by atoms with E-state index in [1.54, 1.807) is 18.1 Å². The fourth-order valence-corrected chi connectivity index (χ4v) is 5.40. The Bertz CT molecular complexity index is 982. The molecule has 184 valence electrons. The fourth-order valence-electron chi connectivity index (χ4n) is 4.22. The molecule has 34 heavy (non-hydrogen) atoms. The van der Waals surface area contributed by atoms with E-state index in [4.69, 9.17) is 27.9 Å². The molecule has 5 nitrogen and oxygen atoms in total. The summed E-state index contributed by atoms with van der Waals surface area (Å²) in [6.45, 7) is 2.30. The number of methoxy groups -OCH3 is 1. The van der Waals surface area contributed by atoms with E-state index in [0.29, 0.717) is 28.8 Å². The van der Waals surface area contributed by atoms with Gasteiger partial charge in [0.1, 0.15) is 11.8 Å². The predicted octanol–water partition coefficient (Wildman–Crippen LogP) is 6.10. The average Bonchev–Trinajstić information content (AvgIpc) is 3.34. The zero-order valence-corrected chi connectivity index (χ0v) is 22.0. The molecule has 0 heterocycles. The molecule has 0 aromatic heterocycles. The summed E-state index contributed by atoms with van der Waals surface area (Å²) in [5.41, 5.74) is 1.92. The first-order chi connectivity index (χ1) is 16.4. The second-order valence-corrected chi connectivity index (χ2v) is 10.3. The zero-order chi connectivity index (χ0) is 24.5. The van der Waals surface area contributed by atoms with Gasteiger partial charge < -0.3 is 15.0 Å². The summed E-state index contributed by atoms with van der Waals surface area (Å²) in [4.78, 5) is 28.3. The quantitative estimate of drug-likeness (QED) is 0.387. The van der Waals surface area contributed by atoms with Crippen LogP contribution < -0.4 is 10.1 Å². The maximum absolute atomic E-state index is 13.4. The number of halogens is 2. The van der Waals surface area contributed by atoms with Gasteiger partial charge in [0.25, 0.3) is 0 Å². The first kappa shape index (κ1) is 26.7. The highest BCUT2D eigenvalue weighted by atomic mass is 35.5. The Morgan fingerprint density at radius 2 is 1.88 bits per heavy atom. The highest BCUT2D eigenvalue weighted by Crippen LogP contribution is 2.25. The van der Waals surface area contributed by atoms with Crippen molar-refractivity contribution in [1.29, 1.82) is 0 Å². The molecule has 0 bridgehead atoms. The van der Waals surface area contributed by atoms with Crippen LogP contribution in [0, 0.1) is 0 Å². The maximum atomic E-state index is 13.4. The van der Waals surface area contributed by atoms with Gasteiger partial charge in [-0.25, -0.2) is 0 Å². The van der Waals surface area contributed by atoms with Crippen LogP contribution in [-0.4, -0.2) is 41.7 Å². The zero-order valence-electron chi connectivity index (χ0n) is 19.7. The summed E-state index contributed by atoms with van der Waals surface area (Å²) < 4.78 is 5.34. The molecule has 1 aliphatic carbocycles. The van der Waals surface area contributed by atoms with E-state index in [1.165, 1.54) is 11.8 Å². The summed E-state index contributed by atoms with van der Waals surface area (Å²) in [5.74, 6) is 1.47. The molecule has 2 amide bonds. The number of nitrogens with one attached hydrogen (secondary N) is 1. The lowest BCUT2D eigenvalue weighted by Gasteiger charge is -2.31. The van der Waals surface area contributed by atoms with E-state index in [2.05, 4.69) is 5.32 Å². The third-order valence-corrected chi connectivity index (χ3v) is 7.78. The third kappa shape index (κ3) is 7.56. The van der Waals surface area contributed by atoms with Crippen LogP contribution in [0.25, 0.3) is 0 Å². The van der Waals surface area contributed by atoms with Crippen LogP contribution in [0.4, 0.5) is 0 Å². The van der Waals surface area contributed by atoms with Gasteiger partial charge >= 0.3 is 0 Å². The second kappa shape index (κ2) is 13.3. The molecular weight excluding hydrogens is 491 g/mol. The molecule has 0 unspecified atom stereocenters. The van der Waals surface area contributed by atoms with Crippen LogP contribution in [0.5, 0.6) is 5.75 Å². The van der Waals surface area contributed by atoms with Crippen LogP contribution in [0.1, 0.15) is 50.2 Å². The SMILES string of the molecule is CC[C@H](C(=O)NC1CCCC1)N(Cc1cccc(OC)c1)C(=O)CSCc1ccc(Cl)c(Cl)c1. The predicted molar refractivity (Wildman–Crippen MR) is 141 cm³/mol. The summed E-state index contributed by atoms with van der Waals surface area (Å²) in [6, 6.07) is 12.8. The van der Waals surface area contributed by atoms with Crippen LogP contribution in [0.15, 0.2) is 42.5 Å². The van der Waals surface area contributed by atoms with Crippen molar-refractivity contribution in [1.82, 2.24) is 10.2 Å². The van der Waals surface area contributed by atoms with Gasteiger partial charge in [-0.15, -0.1) is 11.8 Å². The summed E-state index contributed by atoms with van der Waals surface area (Å²) in [5, 5.41) is 4.19. The lowest BCUT2D eigenvalue weighted by Crippen LogP contribution is -2.51. The van der Waals surface area contributed by atoms with Crippen LogP contribution >= 0.6 is 35.0 Å². The smallest absolute Gasteiger partial charge is 0.243 e. The summed E-state index contributed by atoms with van der Waals surface area (Å²) in [7, 11) is 1.62. The fraction of sp³-hybridized carbons (Fsp3) is 0.462. The Morgan fingerprint density at radius 3 is 2.56 bits per heavy atom. The topological polar surface area (TPSA) is 58.6 Å². The third-order valence-electron chi connectivity index (χ3n) is 6.05. The number of rotatable bonds is 11. The lowest BCUT2D eigenvalue weighted by molar-refractivity contribution is -0.139. The van der Waals surface area contributed by atoms with Gasteiger partial charge in [0.2, 0.25) is 11.8 Å². The molecule has 0 aliphatic heterocycles. The molecule has 1 fully saturated rings. The van der Waals surface area contributed by atoms with E-state index < -0.39 is 6.04 Å². The summed E-state index contributed by atoms with van der Waals surface area (Å²) in [6.07, 6.45) is 4.84. The van der Waals surface area contributed by atoms with Crippen molar-refractivity contribution in [2.24, 2.45) is 0 Å². The van der Waals surface area contributed by atoms with Crippen molar-refractivity contribution in [3.63, 3.8) is 0 Å². The first-order valence-corrected chi connectivity index (χ1v) is 13.6. The Kier molecular flexibility index (Phi) is 10.4. The van der Waals surface area contributed by atoms with Crippen molar-refractivity contribution in [3.8, 4) is 5.75 Å². The molecule has 1 aliphatic rings. The molecule has 0 saturated heterocycles. The normalized spacial score (nSPS) is 14.6. The van der Waals surface area contributed by atoms with Crippen molar-refractivity contribution >= 4 is 46.8 Å².